The van der Waals surface area contributed by atoms with Crippen molar-refractivity contribution in [2.45, 2.75) is 0 Å². The van der Waals surface area contributed by atoms with Crippen LogP contribution >= 0.6 is 0 Å². The summed E-state index contributed by atoms with van der Waals surface area (Å²) in [6.07, 6.45) is -0.670. The molecule has 0 atom stereocenters. The molecular weight excluding hydrogens is 160 g/mol. The van der Waals surface area contributed by atoms with Crippen LogP contribution in [0.3, 0.4) is 0 Å². The number of hydrazine groups is 1. The highest BCUT2D eigenvalue weighted by molar-refractivity contribution is 5.69. The summed E-state index contributed by atoms with van der Waals surface area (Å²) in [4.78, 5) is 10.5. The van der Waals surface area contributed by atoms with Crippen LogP contribution in [0.15, 0.2) is 30.3 Å². The maximum absolute atomic E-state index is 10.5. The Morgan fingerprint density at radius 3 is 2.42 bits per heavy atom. The van der Waals surface area contributed by atoms with Crippen LogP contribution in [0, 0.1) is 0 Å². The summed E-state index contributed by atoms with van der Waals surface area (Å²) in [5, 5.41) is 0. The van der Waals surface area contributed by atoms with Gasteiger partial charge in [-0.3, -0.25) is 5.43 Å². The van der Waals surface area contributed by atoms with E-state index in [1.54, 1.807) is 24.3 Å². The van der Waals surface area contributed by atoms with Crippen LogP contribution in [-0.4, -0.2) is 11.6 Å². The summed E-state index contributed by atoms with van der Waals surface area (Å²) >= 11 is 0. The molecule has 1 amide bonds. The van der Waals surface area contributed by atoms with Gasteiger partial charge in [0.05, 0.1) is 0 Å². The molecule has 0 aliphatic heterocycles. The molecule has 0 aromatic heterocycles. The Labute approximate surface area is 69.4 Å². The minimum Gasteiger partial charge on any atom is -0.412 e. The lowest BCUT2D eigenvalue weighted by atomic mass is 10.3. The average Bonchev–Trinajstić information content (AvgIpc) is 2.06. The first kappa shape index (κ1) is 10.4. The molecule has 0 bridgehead atoms. The number of ether oxygens (including phenoxy) is 1. The Bertz CT molecular complexity index is 238. The number of benzene rings is 1. The molecule has 0 unspecified atom stereocenters. The van der Waals surface area contributed by atoms with Crippen molar-refractivity contribution in [2.75, 3.05) is 0 Å². The van der Waals surface area contributed by atoms with Gasteiger partial charge in [-0.1, -0.05) is 18.2 Å². The quantitative estimate of drug-likeness (QED) is 0.347. The second-order valence-corrected chi connectivity index (χ2v) is 1.85. The molecule has 0 saturated heterocycles. The minimum absolute atomic E-state index is 0. The van der Waals surface area contributed by atoms with Crippen LogP contribution in [0.2, 0.25) is 0 Å². The summed E-state index contributed by atoms with van der Waals surface area (Å²) in [5.41, 5.74) is 1.85. The molecule has 0 aliphatic carbocycles. The highest BCUT2D eigenvalue weighted by Crippen LogP contribution is 2.07. The van der Waals surface area contributed by atoms with Gasteiger partial charge in [-0.2, -0.15) is 0 Å². The van der Waals surface area contributed by atoms with E-state index in [2.05, 4.69) is 4.74 Å². The third-order valence-electron chi connectivity index (χ3n) is 1.07. The molecule has 5 heteroatoms. The van der Waals surface area contributed by atoms with E-state index >= 15 is 0 Å². The first-order valence-electron chi connectivity index (χ1n) is 3.06. The van der Waals surface area contributed by atoms with E-state index in [9.17, 15) is 4.79 Å². The van der Waals surface area contributed by atoms with E-state index in [1.807, 2.05) is 11.5 Å². The van der Waals surface area contributed by atoms with E-state index in [0.29, 0.717) is 5.75 Å². The number of nitrogens with one attached hydrogen (secondary N) is 1. The summed E-state index contributed by atoms with van der Waals surface area (Å²) in [6.45, 7) is 0. The summed E-state index contributed by atoms with van der Waals surface area (Å²) in [6, 6.07) is 8.68. The maximum Gasteiger partial charge on any atom is 0.426 e. The number of hydrogen-bond acceptors (Lipinski definition) is 3. The van der Waals surface area contributed by atoms with Gasteiger partial charge in [0.25, 0.3) is 0 Å². The minimum atomic E-state index is -0.670. The summed E-state index contributed by atoms with van der Waals surface area (Å²) in [5.74, 6) is 5.26. The van der Waals surface area contributed by atoms with Crippen molar-refractivity contribution in [2.24, 2.45) is 5.84 Å². The van der Waals surface area contributed by atoms with Gasteiger partial charge >= 0.3 is 6.09 Å². The molecule has 1 aromatic rings. The van der Waals surface area contributed by atoms with Crippen molar-refractivity contribution in [3.05, 3.63) is 30.3 Å². The zero-order chi connectivity index (χ0) is 8.10. The molecule has 0 aliphatic rings. The van der Waals surface area contributed by atoms with Crippen LogP contribution < -0.4 is 16.0 Å². The monoisotopic (exact) mass is 170 g/mol. The third-order valence-corrected chi connectivity index (χ3v) is 1.07. The number of hydrogen-bond donors (Lipinski definition) is 2. The SMILES string of the molecule is NNC(=O)Oc1ccccc1.O. The van der Waals surface area contributed by atoms with E-state index in [4.69, 9.17) is 5.84 Å². The van der Waals surface area contributed by atoms with Gasteiger partial charge in [-0.05, 0) is 12.1 Å². The predicted molar refractivity (Wildman–Crippen MR) is 43.4 cm³/mol. The van der Waals surface area contributed by atoms with Gasteiger partial charge in [0.1, 0.15) is 5.75 Å². The van der Waals surface area contributed by atoms with Crippen molar-refractivity contribution >= 4 is 6.09 Å². The topological polar surface area (TPSA) is 95.8 Å². The van der Waals surface area contributed by atoms with Crippen molar-refractivity contribution in [1.82, 2.24) is 5.43 Å². The van der Waals surface area contributed by atoms with Crippen molar-refractivity contribution < 1.29 is 15.0 Å². The van der Waals surface area contributed by atoms with E-state index in [0.717, 1.165) is 0 Å². The van der Waals surface area contributed by atoms with Crippen molar-refractivity contribution in [3.63, 3.8) is 0 Å². The molecule has 1 aromatic carbocycles. The van der Waals surface area contributed by atoms with Crippen LogP contribution in [0.25, 0.3) is 0 Å². The number of amides is 1. The van der Waals surface area contributed by atoms with Gasteiger partial charge in [-0.25, -0.2) is 10.6 Å². The van der Waals surface area contributed by atoms with Crippen LogP contribution in [0.5, 0.6) is 5.75 Å². The number of carbonyl (C=O) groups is 1. The molecular formula is C7H10N2O3. The Morgan fingerprint density at radius 2 is 1.92 bits per heavy atom. The fourth-order valence-corrected chi connectivity index (χ4v) is 0.625. The highest BCUT2D eigenvalue weighted by Gasteiger charge is 1.98. The fraction of sp³-hybridized carbons (Fsp3) is 0. The number of carbonyl (C=O) groups excluding carboxylic acids is 1. The maximum atomic E-state index is 10.5. The standard InChI is InChI=1S/C7H8N2O2.H2O/c8-9-7(10)11-6-4-2-1-3-5-6;/h1-5H,8H2,(H,9,10);1H2. The zero-order valence-corrected chi connectivity index (χ0v) is 6.28. The molecule has 66 valence electrons. The molecule has 5 nitrogen and oxygen atoms in total. The van der Waals surface area contributed by atoms with Crippen LogP contribution in [0.1, 0.15) is 0 Å². The van der Waals surface area contributed by atoms with Crippen LogP contribution in [0.4, 0.5) is 4.79 Å². The second kappa shape index (κ2) is 5.11. The largest absolute Gasteiger partial charge is 0.426 e. The average molecular weight is 170 g/mol. The zero-order valence-electron chi connectivity index (χ0n) is 6.28. The number of para-hydroxylation sites is 1. The van der Waals surface area contributed by atoms with Gasteiger partial charge in [0.15, 0.2) is 0 Å². The lowest BCUT2D eigenvalue weighted by Gasteiger charge is -2.00. The van der Waals surface area contributed by atoms with Gasteiger partial charge in [-0.15, -0.1) is 0 Å². The van der Waals surface area contributed by atoms with E-state index in [1.165, 1.54) is 0 Å². The summed E-state index contributed by atoms with van der Waals surface area (Å²) in [7, 11) is 0. The third kappa shape index (κ3) is 3.00. The summed E-state index contributed by atoms with van der Waals surface area (Å²) < 4.78 is 4.69. The lowest BCUT2D eigenvalue weighted by molar-refractivity contribution is 0.200. The smallest absolute Gasteiger partial charge is 0.412 e. The normalized spacial score (nSPS) is 8.08. The molecule has 0 saturated carbocycles. The molecule has 0 radical (unpaired) electrons. The predicted octanol–water partition coefficient (Wildman–Crippen LogP) is -0.176. The van der Waals surface area contributed by atoms with Crippen molar-refractivity contribution in [3.8, 4) is 5.75 Å². The van der Waals surface area contributed by atoms with Gasteiger partial charge in [0, 0.05) is 0 Å². The highest BCUT2D eigenvalue weighted by atomic mass is 16.6. The van der Waals surface area contributed by atoms with Crippen LogP contribution in [-0.2, 0) is 0 Å². The molecule has 1 rings (SSSR count). The number of rotatable bonds is 1. The fourth-order valence-electron chi connectivity index (χ4n) is 0.625. The first-order valence-corrected chi connectivity index (χ1v) is 3.06. The van der Waals surface area contributed by atoms with Crippen molar-refractivity contribution in [1.29, 1.82) is 0 Å². The molecule has 0 heterocycles. The Hall–Kier alpha value is -1.59. The second-order valence-electron chi connectivity index (χ2n) is 1.85. The first-order chi connectivity index (χ1) is 5.33. The Morgan fingerprint density at radius 1 is 1.33 bits per heavy atom. The Kier molecular flexibility index (Phi) is 4.43. The van der Waals surface area contributed by atoms with E-state index < -0.39 is 6.09 Å². The Balaban J connectivity index is 0.00000121. The van der Waals surface area contributed by atoms with Gasteiger partial charge < -0.3 is 10.2 Å². The lowest BCUT2D eigenvalue weighted by Crippen LogP contribution is -2.32. The van der Waals surface area contributed by atoms with Gasteiger partial charge in [0.2, 0.25) is 0 Å². The molecule has 5 N–H and O–H groups in total. The molecule has 0 spiro atoms. The van der Waals surface area contributed by atoms with E-state index in [-0.39, 0.29) is 5.48 Å². The number of nitrogens with two attached hydrogens (primary N) is 1. The molecule has 12 heavy (non-hydrogen) atoms. The molecule has 0 fully saturated rings.